The number of nitrogens with zero attached hydrogens (tertiary/aromatic N) is 1. The molecule has 1 saturated carbocycles. The van der Waals surface area contributed by atoms with E-state index >= 15 is 0 Å². The third kappa shape index (κ3) is 3.55. The van der Waals surface area contributed by atoms with E-state index in [2.05, 4.69) is 6.07 Å². The Kier molecular flexibility index (Phi) is 5.83. The van der Waals surface area contributed by atoms with Gasteiger partial charge in [-0.15, -0.1) is 0 Å². The minimum Gasteiger partial charge on any atom is -0.393 e. The van der Waals surface area contributed by atoms with Crippen LogP contribution in [0.1, 0.15) is 37.8 Å². The Balaban J connectivity index is 2.10. The SMILES string of the molecule is Cc1ccc([S@](=O)c2ccccc2[C@](C)(C#N)[C@H]2CCC(=O)[C@@H]2[C@@H](C)O)cc1. The summed E-state index contributed by atoms with van der Waals surface area (Å²) in [5, 5.41) is 20.3. The Morgan fingerprint density at radius 1 is 1.21 bits per heavy atom. The summed E-state index contributed by atoms with van der Waals surface area (Å²) in [6.07, 6.45) is 0.0902. The largest absolute Gasteiger partial charge is 0.393 e. The minimum absolute atomic E-state index is 0.00128. The van der Waals surface area contributed by atoms with Gasteiger partial charge in [0.1, 0.15) is 5.78 Å². The molecule has 1 aliphatic rings. The van der Waals surface area contributed by atoms with E-state index < -0.39 is 28.2 Å². The number of aryl methyl sites for hydroxylation is 1. The van der Waals surface area contributed by atoms with Crippen molar-refractivity contribution in [2.75, 3.05) is 0 Å². The van der Waals surface area contributed by atoms with Gasteiger partial charge in [-0.25, -0.2) is 4.21 Å². The highest BCUT2D eigenvalue weighted by atomic mass is 32.2. The Hall–Kier alpha value is -2.29. The van der Waals surface area contributed by atoms with Gasteiger partial charge in [0.05, 0.1) is 28.4 Å². The maximum atomic E-state index is 13.3. The monoisotopic (exact) mass is 395 g/mol. The van der Waals surface area contributed by atoms with Crippen molar-refractivity contribution in [3.8, 4) is 6.07 Å². The predicted octanol–water partition coefficient (Wildman–Crippen LogP) is 3.92. The van der Waals surface area contributed by atoms with Crippen molar-refractivity contribution in [3.63, 3.8) is 0 Å². The molecule has 4 nitrogen and oxygen atoms in total. The molecule has 0 aromatic heterocycles. The van der Waals surface area contributed by atoms with Gasteiger partial charge in [-0.05, 0) is 56.9 Å². The number of hydrogen-bond acceptors (Lipinski definition) is 4. The predicted molar refractivity (Wildman–Crippen MR) is 108 cm³/mol. The molecule has 5 atom stereocenters. The topological polar surface area (TPSA) is 78.2 Å². The molecule has 5 heteroatoms. The lowest BCUT2D eigenvalue weighted by atomic mass is 9.67. The first-order chi connectivity index (χ1) is 13.3. The Morgan fingerprint density at radius 3 is 2.46 bits per heavy atom. The second-order valence-corrected chi connectivity index (χ2v) is 9.22. The average Bonchev–Trinajstić information content (AvgIpc) is 3.09. The Bertz CT molecular complexity index is 945. The fraction of sp³-hybridized carbons (Fsp3) is 0.391. The van der Waals surface area contributed by atoms with E-state index in [1.807, 2.05) is 49.4 Å². The average molecular weight is 396 g/mol. The van der Waals surface area contributed by atoms with E-state index in [1.165, 1.54) is 0 Å². The van der Waals surface area contributed by atoms with Crippen molar-refractivity contribution < 1.29 is 14.1 Å². The van der Waals surface area contributed by atoms with Crippen LogP contribution < -0.4 is 0 Å². The van der Waals surface area contributed by atoms with Gasteiger partial charge >= 0.3 is 0 Å². The molecule has 0 unspecified atom stereocenters. The number of aliphatic hydroxyl groups is 1. The number of Topliss-reactive ketones (excluding diaryl/α,β-unsaturated/α-hetero) is 1. The molecule has 2 aromatic rings. The molecule has 1 N–H and O–H groups in total. The number of carbonyl (C=O) groups is 1. The van der Waals surface area contributed by atoms with Crippen LogP contribution in [0.25, 0.3) is 0 Å². The third-order valence-corrected chi connectivity index (χ3v) is 7.34. The van der Waals surface area contributed by atoms with Crippen molar-refractivity contribution in [2.45, 2.75) is 54.9 Å². The van der Waals surface area contributed by atoms with Crippen LogP contribution in [0.15, 0.2) is 58.3 Å². The fourth-order valence-corrected chi connectivity index (χ4v) is 5.63. The summed E-state index contributed by atoms with van der Waals surface area (Å²) >= 11 is 0. The summed E-state index contributed by atoms with van der Waals surface area (Å²) in [5.74, 6) is -0.898. The lowest BCUT2D eigenvalue weighted by Gasteiger charge is -2.35. The molecular weight excluding hydrogens is 370 g/mol. The van der Waals surface area contributed by atoms with E-state index in [9.17, 15) is 19.4 Å². The summed E-state index contributed by atoms with van der Waals surface area (Å²) in [7, 11) is -1.44. The Labute approximate surface area is 168 Å². The summed E-state index contributed by atoms with van der Waals surface area (Å²) < 4.78 is 13.3. The van der Waals surface area contributed by atoms with Crippen LogP contribution in [0.5, 0.6) is 0 Å². The zero-order chi connectivity index (χ0) is 20.5. The van der Waals surface area contributed by atoms with E-state index in [0.717, 1.165) is 5.56 Å². The molecule has 1 fully saturated rings. The number of hydrogen-bond donors (Lipinski definition) is 1. The van der Waals surface area contributed by atoms with Crippen LogP contribution in [0.2, 0.25) is 0 Å². The van der Waals surface area contributed by atoms with Crippen LogP contribution in [-0.4, -0.2) is 21.2 Å². The molecule has 28 heavy (non-hydrogen) atoms. The van der Waals surface area contributed by atoms with Gasteiger partial charge in [0, 0.05) is 22.1 Å². The third-order valence-electron chi connectivity index (χ3n) is 5.88. The zero-order valence-electron chi connectivity index (χ0n) is 16.4. The highest BCUT2D eigenvalue weighted by Gasteiger charge is 2.49. The van der Waals surface area contributed by atoms with Gasteiger partial charge in [0.25, 0.3) is 0 Å². The molecule has 2 aromatic carbocycles. The van der Waals surface area contributed by atoms with Gasteiger partial charge in [-0.1, -0.05) is 35.9 Å². The Morgan fingerprint density at radius 2 is 1.86 bits per heavy atom. The van der Waals surface area contributed by atoms with Gasteiger partial charge in [0.2, 0.25) is 0 Å². The first-order valence-corrected chi connectivity index (χ1v) is 10.6. The maximum Gasteiger partial charge on any atom is 0.138 e. The molecule has 0 aliphatic heterocycles. The lowest BCUT2D eigenvalue weighted by Crippen LogP contribution is -2.39. The quantitative estimate of drug-likeness (QED) is 0.832. The van der Waals surface area contributed by atoms with Gasteiger partial charge in [0.15, 0.2) is 0 Å². The van der Waals surface area contributed by atoms with Crippen LogP contribution in [-0.2, 0) is 21.0 Å². The maximum absolute atomic E-state index is 13.3. The number of carbonyl (C=O) groups excluding carboxylic acids is 1. The fourth-order valence-electron chi connectivity index (χ4n) is 4.31. The van der Waals surface area contributed by atoms with E-state index in [1.54, 1.807) is 19.9 Å². The molecule has 1 aliphatic carbocycles. The van der Waals surface area contributed by atoms with Gasteiger partial charge in [-0.3, -0.25) is 4.79 Å². The minimum atomic E-state index is -1.44. The summed E-state index contributed by atoms with van der Waals surface area (Å²) in [6.45, 7) is 5.38. The van der Waals surface area contributed by atoms with Crippen molar-refractivity contribution in [2.24, 2.45) is 11.8 Å². The molecule has 146 valence electrons. The van der Waals surface area contributed by atoms with E-state index in [-0.39, 0.29) is 11.7 Å². The number of ketones is 1. The molecule has 0 saturated heterocycles. The van der Waals surface area contributed by atoms with Crippen molar-refractivity contribution >= 4 is 16.6 Å². The van der Waals surface area contributed by atoms with Crippen LogP contribution in [0, 0.1) is 30.1 Å². The smallest absolute Gasteiger partial charge is 0.138 e. The standard InChI is InChI=1S/C23H25NO3S/c1-15-8-10-17(11-9-15)28(27)21-7-5-4-6-18(21)23(3,14-24)19-12-13-20(26)22(19)16(2)25/h4-11,16,19,22,25H,12-13H2,1-3H3/t16-,19+,22-,23+,28+/m1/s1. The first kappa shape index (κ1) is 20.4. The van der Waals surface area contributed by atoms with Gasteiger partial charge in [-0.2, -0.15) is 5.26 Å². The van der Waals surface area contributed by atoms with E-state index in [0.29, 0.717) is 28.2 Å². The molecule has 0 spiro atoms. The highest BCUT2D eigenvalue weighted by Crippen LogP contribution is 2.46. The molecule has 0 heterocycles. The van der Waals surface area contributed by atoms with Crippen LogP contribution >= 0.6 is 0 Å². The molecular formula is C23H25NO3S. The second kappa shape index (κ2) is 7.98. The first-order valence-electron chi connectivity index (χ1n) is 9.49. The van der Waals surface area contributed by atoms with Gasteiger partial charge < -0.3 is 5.11 Å². The van der Waals surface area contributed by atoms with Crippen LogP contribution in [0.3, 0.4) is 0 Å². The number of nitriles is 1. The zero-order valence-corrected chi connectivity index (χ0v) is 17.2. The van der Waals surface area contributed by atoms with Crippen molar-refractivity contribution in [1.82, 2.24) is 0 Å². The van der Waals surface area contributed by atoms with Crippen LogP contribution in [0.4, 0.5) is 0 Å². The van der Waals surface area contributed by atoms with Crippen molar-refractivity contribution in [3.05, 3.63) is 59.7 Å². The summed E-state index contributed by atoms with van der Waals surface area (Å²) in [5.41, 5.74) is 0.729. The van der Waals surface area contributed by atoms with Crippen molar-refractivity contribution in [1.29, 1.82) is 5.26 Å². The molecule has 0 amide bonds. The molecule has 0 bridgehead atoms. The lowest BCUT2D eigenvalue weighted by molar-refractivity contribution is -0.124. The second-order valence-electron chi connectivity index (χ2n) is 7.77. The summed E-state index contributed by atoms with van der Waals surface area (Å²) in [6, 6.07) is 17.2. The highest BCUT2D eigenvalue weighted by molar-refractivity contribution is 7.85. The number of aliphatic hydroxyl groups excluding tert-OH is 1. The number of rotatable bonds is 5. The number of benzene rings is 2. The summed E-state index contributed by atoms with van der Waals surface area (Å²) in [4.78, 5) is 13.6. The van der Waals surface area contributed by atoms with E-state index in [4.69, 9.17) is 0 Å². The normalized spacial score (nSPS) is 23.6. The molecule has 0 radical (unpaired) electrons. The molecule has 3 rings (SSSR count).